The van der Waals surface area contributed by atoms with E-state index in [4.69, 9.17) is 9.15 Å². The molecule has 0 saturated carbocycles. The van der Waals surface area contributed by atoms with Crippen LogP contribution in [0.25, 0.3) is 0 Å². The number of carbonyl (C=O) groups is 2. The first kappa shape index (κ1) is 27.2. The van der Waals surface area contributed by atoms with E-state index in [1.165, 1.54) is 48.9 Å². The molecule has 2 aromatic heterocycles. The monoisotopic (exact) mass is 516 g/mol. The molecule has 2 amide bonds. The van der Waals surface area contributed by atoms with Crippen LogP contribution in [-0.4, -0.2) is 60.8 Å². The lowest BCUT2D eigenvalue weighted by Crippen LogP contribution is -2.43. The van der Waals surface area contributed by atoms with Crippen molar-refractivity contribution in [1.29, 1.82) is 0 Å². The maximum atomic E-state index is 13.5. The van der Waals surface area contributed by atoms with Crippen LogP contribution in [0.5, 0.6) is 0 Å². The Labute approximate surface area is 211 Å². The molecular formula is C25H32N4O6S. The number of amides is 2. The summed E-state index contributed by atoms with van der Waals surface area (Å²) in [6, 6.07) is 13.2. The molecule has 0 fully saturated rings. The van der Waals surface area contributed by atoms with Crippen LogP contribution in [0, 0.1) is 0 Å². The molecule has 0 bridgehead atoms. The van der Waals surface area contributed by atoms with E-state index in [2.05, 4.69) is 5.32 Å². The summed E-state index contributed by atoms with van der Waals surface area (Å²) in [5.74, 6) is -0.0179. The number of ether oxygens (including phenoxy) is 1. The fraction of sp³-hybridized carbons (Fsp3) is 0.360. The van der Waals surface area contributed by atoms with Gasteiger partial charge in [-0.15, -0.1) is 0 Å². The molecule has 36 heavy (non-hydrogen) atoms. The molecule has 1 aromatic carbocycles. The van der Waals surface area contributed by atoms with Crippen molar-refractivity contribution in [2.24, 2.45) is 7.05 Å². The largest absolute Gasteiger partial charge is 0.467 e. The first-order valence-corrected chi connectivity index (χ1v) is 12.9. The van der Waals surface area contributed by atoms with Gasteiger partial charge in [-0.25, -0.2) is 8.42 Å². The first-order valence-electron chi connectivity index (χ1n) is 11.5. The molecule has 3 rings (SSSR count). The number of hydrogen-bond acceptors (Lipinski definition) is 6. The second-order valence-corrected chi connectivity index (χ2v) is 10.3. The van der Waals surface area contributed by atoms with Crippen molar-refractivity contribution in [2.75, 3.05) is 32.1 Å². The number of rotatable bonds is 13. The van der Waals surface area contributed by atoms with E-state index < -0.39 is 10.0 Å². The number of aromatic nitrogens is 1. The summed E-state index contributed by atoms with van der Waals surface area (Å²) in [6.45, 7) is 1.98. The number of sulfonamides is 1. The van der Waals surface area contributed by atoms with Gasteiger partial charge < -0.3 is 23.9 Å². The summed E-state index contributed by atoms with van der Waals surface area (Å²) < 4.78 is 40.6. The van der Waals surface area contributed by atoms with E-state index in [-0.39, 0.29) is 36.3 Å². The van der Waals surface area contributed by atoms with Crippen LogP contribution in [0.1, 0.15) is 24.8 Å². The van der Waals surface area contributed by atoms with Crippen molar-refractivity contribution in [3.05, 3.63) is 72.4 Å². The molecule has 0 aliphatic rings. The van der Waals surface area contributed by atoms with Gasteiger partial charge >= 0.3 is 0 Å². The third-order valence-electron chi connectivity index (χ3n) is 5.56. The molecule has 0 aliphatic carbocycles. The van der Waals surface area contributed by atoms with Crippen LogP contribution in [0.2, 0.25) is 0 Å². The Kier molecular flexibility index (Phi) is 9.45. The van der Waals surface area contributed by atoms with Crippen molar-refractivity contribution >= 4 is 27.5 Å². The molecule has 194 valence electrons. The summed E-state index contributed by atoms with van der Waals surface area (Å²) in [7, 11) is -0.575. The number of hydrogen-bond donors (Lipinski definition) is 1. The molecule has 10 nitrogen and oxygen atoms in total. The second-order valence-electron chi connectivity index (χ2n) is 8.33. The summed E-state index contributed by atoms with van der Waals surface area (Å²) in [5, 5.41) is 2.61. The topological polar surface area (TPSA) is 114 Å². The predicted molar refractivity (Wildman–Crippen MR) is 134 cm³/mol. The molecular weight excluding hydrogens is 484 g/mol. The van der Waals surface area contributed by atoms with E-state index in [1.807, 2.05) is 29.9 Å². The molecule has 0 radical (unpaired) electrons. The lowest BCUT2D eigenvalue weighted by atomic mass is 10.3. The maximum absolute atomic E-state index is 13.5. The fourth-order valence-electron chi connectivity index (χ4n) is 3.66. The second kappa shape index (κ2) is 12.5. The Morgan fingerprint density at radius 2 is 1.83 bits per heavy atom. The highest BCUT2D eigenvalue weighted by atomic mass is 32.2. The van der Waals surface area contributed by atoms with E-state index in [1.54, 1.807) is 17.0 Å². The number of nitrogens with zero attached hydrogens (tertiary/aromatic N) is 3. The van der Waals surface area contributed by atoms with E-state index in [9.17, 15) is 18.0 Å². The van der Waals surface area contributed by atoms with Gasteiger partial charge in [0, 0.05) is 51.8 Å². The fourth-order valence-corrected chi connectivity index (χ4v) is 5.09. The average molecular weight is 517 g/mol. The molecule has 0 spiro atoms. The first-order chi connectivity index (χ1) is 17.2. The third kappa shape index (κ3) is 7.30. The van der Waals surface area contributed by atoms with Crippen LogP contribution in [0.4, 0.5) is 5.69 Å². The maximum Gasteiger partial charge on any atom is 0.243 e. The number of nitrogens with one attached hydrogen (secondary N) is 1. The van der Waals surface area contributed by atoms with Crippen LogP contribution in [0.15, 0.2) is 70.3 Å². The highest BCUT2D eigenvalue weighted by molar-refractivity contribution is 7.89. The van der Waals surface area contributed by atoms with E-state index >= 15 is 0 Å². The van der Waals surface area contributed by atoms with Crippen LogP contribution < -0.4 is 5.32 Å². The SMILES string of the molecule is COCCCN(CC(=O)N(Cc1ccco1)Cc1cccn1C)S(=O)(=O)c1ccc(NC(C)=O)cc1. The normalized spacial score (nSPS) is 11.6. The summed E-state index contributed by atoms with van der Waals surface area (Å²) >= 11 is 0. The van der Waals surface area contributed by atoms with Crippen molar-refractivity contribution in [3.63, 3.8) is 0 Å². The Bertz CT molecular complexity index is 1240. The highest BCUT2D eigenvalue weighted by Gasteiger charge is 2.29. The molecule has 0 unspecified atom stereocenters. The van der Waals surface area contributed by atoms with Crippen LogP contribution >= 0.6 is 0 Å². The van der Waals surface area contributed by atoms with Gasteiger partial charge in [0.1, 0.15) is 5.76 Å². The Morgan fingerprint density at radius 1 is 1.08 bits per heavy atom. The van der Waals surface area contributed by atoms with Crippen molar-refractivity contribution in [1.82, 2.24) is 13.8 Å². The number of methoxy groups -OCH3 is 1. The van der Waals surface area contributed by atoms with Gasteiger partial charge in [-0.3, -0.25) is 9.59 Å². The Hall–Kier alpha value is -3.41. The van der Waals surface area contributed by atoms with Gasteiger partial charge in [-0.05, 0) is 55.0 Å². The zero-order chi connectivity index (χ0) is 26.1. The smallest absolute Gasteiger partial charge is 0.243 e. The summed E-state index contributed by atoms with van der Waals surface area (Å²) in [5.41, 5.74) is 1.38. The number of furan rings is 1. The summed E-state index contributed by atoms with van der Waals surface area (Å²) in [6.07, 6.45) is 3.84. The highest BCUT2D eigenvalue weighted by Crippen LogP contribution is 2.20. The molecule has 1 N–H and O–H groups in total. The van der Waals surface area contributed by atoms with Crippen molar-refractivity contribution in [2.45, 2.75) is 31.3 Å². The van der Waals surface area contributed by atoms with Gasteiger partial charge in [0.2, 0.25) is 21.8 Å². The average Bonchev–Trinajstić information content (AvgIpc) is 3.49. The van der Waals surface area contributed by atoms with Gasteiger partial charge in [0.15, 0.2) is 0 Å². The molecule has 0 saturated heterocycles. The zero-order valence-electron chi connectivity index (χ0n) is 20.7. The Morgan fingerprint density at radius 3 is 2.42 bits per heavy atom. The van der Waals surface area contributed by atoms with Crippen LogP contribution in [-0.2, 0) is 44.5 Å². The van der Waals surface area contributed by atoms with Gasteiger partial charge in [0.25, 0.3) is 0 Å². The lowest BCUT2D eigenvalue weighted by Gasteiger charge is -2.27. The van der Waals surface area contributed by atoms with E-state index in [0.717, 1.165) is 5.69 Å². The Balaban J connectivity index is 1.84. The van der Waals surface area contributed by atoms with Crippen molar-refractivity contribution < 1.29 is 27.2 Å². The number of aryl methyl sites for hydroxylation is 1. The molecule has 0 aliphatic heterocycles. The minimum absolute atomic E-state index is 0.0295. The van der Waals surface area contributed by atoms with Gasteiger partial charge in [-0.2, -0.15) is 4.31 Å². The van der Waals surface area contributed by atoms with Crippen LogP contribution in [0.3, 0.4) is 0 Å². The molecule has 0 atom stereocenters. The minimum Gasteiger partial charge on any atom is -0.467 e. The number of anilines is 1. The molecule has 11 heteroatoms. The van der Waals surface area contributed by atoms with Gasteiger partial charge in [-0.1, -0.05) is 0 Å². The third-order valence-corrected chi connectivity index (χ3v) is 7.42. The summed E-state index contributed by atoms with van der Waals surface area (Å²) in [4.78, 5) is 26.4. The number of benzene rings is 1. The predicted octanol–water partition coefficient (Wildman–Crippen LogP) is 2.83. The molecule has 3 aromatic rings. The number of carbonyl (C=O) groups excluding carboxylic acids is 2. The zero-order valence-corrected chi connectivity index (χ0v) is 21.5. The van der Waals surface area contributed by atoms with E-state index in [0.29, 0.717) is 31.0 Å². The van der Waals surface area contributed by atoms with Crippen molar-refractivity contribution in [3.8, 4) is 0 Å². The lowest BCUT2D eigenvalue weighted by molar-refractivity contribution is -0.133. The molecule has 2 heterocycles. The van der Waals surface area contributed by atoms with Gasteiger partial charge in [0.05, 0.1) is 30.8 Å². The quantitative estimate of drug-likeness (QED) is 0.350. The standard InChI is InChI=1S/C25H32N4O6S/c1-20(30)26-21-9-11-24(12-10-21)36(32,33)29(14-6-15-34-3)19-25(31)28(18-23-8-5-16-35-23)17-22-7-4-13-27(22)2/h4-5,7-13,16H,6,14-15,17-19H2,1-3H3,(H,26,30). The minimum atomic E-state index is -4.00.